The molecule has 0 aliphatic rings. The number of aryl methyl sites for hydroxylation is 2. The van der Waals surface area contributed by atoms with Crippen LogP contribution < -0.4 is 5.32 Å². The van der Waals surface area contributed by atoms with Crippen LogP contribution in [0.15, 0.2) is 27.0 Å². The number of esters is 1. The summed E-state index contributed by atoms with van der Waals surface area (Å²) in [6, 6.07) is 5.16. The summed E-state index contributed by atoms with van der Waals surface area (Å²) in [7, 11) is 3.15. The smallest absolute Gasteiger partial charge is 0.373 e. The molecule has 102 valence electrons. The molecule has 1 N–H and O–H groups in total. The van der Waals surface area contributed by atoms with Crippen LogP contribution >= 0.6 is 0 Å². The van der Waals surface area contributed by atoms with E-state index in [-0.39, 0.29) is 11.8 Å². The normalized spacial score (nSPS) is 12.4. The SMILES string of the molecule is CNC(c1ccc(C(=O)OC)o1)c1cc(C)oc1C. The topological polar surface area (TPSA) is 64.6 Å². The number of nitrogens with one attached hydrogen (secondary N) is 1. The van der Waals surface area contributed by atoms with Crippen LogP contribution in [-0.2, 0) is 4.74 Å². The van der Waals surface area contributed by atoms with Crippen molar-refractivity contribution in [3.8, 4) is 0 Å². The molecule has 1 atom stereocenters. The maximum absolute atomic E-state index is 11.4. The highest BCUT2D eigenvalue weighted by molar-refractivity contribution is 5.86. The van der Waals surface area contributed by atoms with E-state index in [4.69, 9.17) is 8.83 Å². The van der Waals surface area contributed by atoms with Crippen molar-refractivity contribution in [1.29, 1.82) is 0 Å². The summed E-state index contributed by atoms with van der Waals surface area (Å²) < 4.78 is 15.7. The number of hydrogen-bond donors (Lipinski definition) is 1. The van der Waals surface area contributed by atoms with Crippen LogP contribution in [-0.4, -0.2) is 20.1 Å². The van der Waals surface area contributed by atoms with E-state index in [0.717, 1.165) is 17.1 Å². The molecule has 2 aromatic heterocycles. The minimum absolute atomic E-state index is 0.157. The van der Waals surface area contributed by atoms with Crippen molar-refractivity contribution in [3.05, 3.63) is 46.8 Å². The molecule has 2 aromatic rings. The van der Waals surface area contributed by atoms with Crippen LogP contribution in [0.2, 0.25) is 0 Å². The Balaban J connectivity index is 2.34. The Kier molecular flexibility index (Phi) is 3.76. The van der Waals surface area contributed by atoms with Gasteiger partial charge >= 0.3 is 5.97 Å². The third-order valence-electron chi connectivity index (χ3n) is 2.98. The molecule has 5 heteroatoms. The number of hydrogen-bond acceptors (Lipinski definition) is 5. The Morgan fingerprint density at radius 2 is 2.05 bits per heavy atom. The molecule has 1 unspecified atom stereocenters. The van der Waals surface area contributed by atoms with Gasteiger partial charge < -0.3 is 18.9 Å². The average Bonchev–Trinajstić information content (AvgIpc) is 2.98. The lowest BCUT2D eigenvalue weighted by Gasteiger charge is -2.12. The predicted octanol–water partition coefficient (Wildman–Crippen LogP) is 2.58. The zero-order chi connectivity index (χ0) is 14.0. The number of furan rings is 2. The summed E-state index contributed by atoms with van der Waals surface area (Å²) in [5.41, 5.74) is 0.991. The van der Waals surface area contributed by atoms with Gasteiger partial charge in [-0.05, 0) is 39.1 Å². The van der Waals surface area contributed by atoms with Crippen LogP contribution in [0.3, 0.4) is 0 Å². The summed E-state index contributed by atoms with van der Waals surface area (Å²) in [4.78, 5) is 11.4. The van der Waals surface area contributed by atoms with Gasteiger partial charge in [-0.3, -0.25) is 0 Å². The van der Waals surface area contributed by atoms with Crippen LogP contribution in [0.5, 0.6) is 0 Å². The van der Waals surface area contributed by atoms with E-state index in [1.54, 1.807) is 12.1 Å². The van der Waals surface area contributed by atoms with E-state index in [1.807, 2.05) is 27.0 Å². The summed E-state index contributed by atoms with van der Waals surface area (Å²) >= 11 is 0. The minimum atomic E-state index is -0.485. The molecule has 0 aromatic carbocycles. The van der Waals surface area contributed by atoms with E-state index in [2.05, 4.69) is 10.1 Å². The molecule has 2 rings (SSSR count). The third-order valence-corrected chi connectivity index (χ3v) is 2.98. The van der Waals surface area contributed by atoms with Crippen molar-refractivity contribution in [1.82, 2.24) is 5.32 Å². The molecule has 0 bridgehead atoms. The molecule has 0 saturated heterocycles. The molecule has 0 aliphatic heterocycles. The second-order valence-corrected chi connectivity index (χ2v) is 4.28. The average molecular weight is 263 g/mol. The van der Waals surface area contributed by atoms with Crippen LogP contribution in [0.4, 0.5) is 0 Å². The summed E-state index contributed by atoms with van der Waals surface area (Å²) in [5.74, 6) is 2.02. The monoisotopic (exact) mass is 263 g/mol. The highest BCUT2D eigenvalue weighted by Gasteiger charge is 2.22. The zero-order valence-corrected chi connectivity index (χ0v) is 11.4. The van der Waals surface area contributed by atoms with Crippen LogP contribution in [0.1, 0.15) is 39.4 Å². The van der Waals surface area contributed by atoms with Gasteiger partial charge in [-0.2, -0.15) is 0 Å². The van der Waals surface area contributed by atoms with Crippen molar-refractivity contribution in [2.24, 2.45) is 0 Å². The van der Waals surface area contributed by atoms with Crippen molar-refractivity contribution in [2.45, 2.75) is 19.9 Å². The Bertz CT molecular complexity index is 582. The Hall–Kier alpha value is -2.01. The number of methoxy groups -OCH3 is 1. The quantitative estimate of drug-likeness (QED) is 0.859. The Morgan fingerprint density at radius 3 is 2.58 bits per heavy atom. The van der Waals surface area contributed by atoms with Gasteiger partial charge in [-0.1, -0.05) is 0 Å². The number of ether oxygens (including phenoxy) is 1. The molecule has 0 amide bonds. The summed E-state index contributed by atoms with van der Waals surface area (Å²) in [5, 5.41) is 3.15. The van der Waals surface area contributed by atoms with E-state index in [0.29, 0.717) is 5.76 Å². The standard InChI is InChI=1S/C14H17NO4/c1-8-7-10(9(2)18-8)13(15-3)11-5-6-12(19-11)14(16)17-4/h5-7,13,15H,1-4H3. The third kappa shape index (κ3) is 2.56. The molecule has 0 saturated carbocycles. The molecule has 19 heavy (non-hydrogen) atoms. The molecule has 5 nitrogen and oxygen atoms in total. The zero-order valence-electron chi connectivity index (χ0n) is 11.4. The molecular formula is C14H17NO4. The maximum Gasteiger partial charge on any atom is 0.373 e. The molecular weight excluding hydrogens is 246 g/mol. The molecule has 0 spiro atoms. The van der Waals surface area contributed by atoms with E-state index in [1.165, 1.54) is 7.11 Å². The van der Waals surface area contributed by atoms with Crippen LogP contribution in [0.25, 0.3) is 0 Å². The van der Waals surface area contributed by atoms with Crippen molar-refractivity contribution < 1.29 is 18.4 Å². The Labute approximate surface area is 111 Å². The van der Waals surface area contributed by atoms with Crippen LogP contribution in [0, 0.1) is 13.8 Å². The fourth-order valence-corrected chi connectivity index (χ4v) is 2.11. The van der Waals surface area contributed by atoms with Crippen molar-refractivity contribution in [3.63, 3.8) is 0 Å². The van der Waals surface area contributed by atoms with E-state index >= 15 is 0 Å². The van der Waals surface area contributed by atoms with E-state index in [9.17, 15) is 4.79 Å². The second kappa shape index (κ2) is 5.32. The van der Waals surface area contributed by atoms with Gasteiger partial charge in [0, 0.05) is 5.56 Å². The second-order valence-electron chi connectivity index (χ2n) is 4.28. The maximum atomic E-state index is 11.4. The molecule has 0 aliphatic carbocycles. The predicted molar refractivity (Wildman–Crippen MR) is 69.1 cm³/mol. The first kappa shape index (κ1) is 13.4. The lowest BCUT2D eigenvalue weighted by molar-refractivity contribution is 0.0562. The van der Waals surface area contributed by atoms with Gasteiger partial charge in [-0.25, -0.2) is 4.79 Å². The molecule has 2 heterocycles. The van der Waals surface area contributed by atoms with E-state index < -0.39 is 5.97 Å². The molecule has 0 fully saturated rings. The number of carbonyl (C=O) groups excluding carboxylic acids is 1. The first-order valence-electron chi connectivity index (χ1n) is 5.99. The number of carbonyl (C=O) groups is 1. The first-order chi connectivity index (χ1) is 9.06. The van der Waals surface area contributed by atoms with Gasteiger partial charge in [0.1, 0.15) is 17.3 Å². The summed E-state index contributed by atoms with van der Waals surface area (Å²) in [6.45, 7) is 3.79. The van der Waals surface area contributed by atoms with Gasteiger partial charge in [0.05, 0.1) is 13.2 Å². The largest absolute Gasteiger partial charge is 0.466 e. The van der Waals surface area contributed by atoms with Gasteiger partial charge in [0.15, 0.2) is 0 Å². The van der Waals surface area contributed by atoms with Crippen molar-refractivity contribution in [2.75, 3.05) is 14.2 Å². The highest BCUT2D eigenvalue weighted by atomic mass is 16.5. The fourth-order valence-electron chi connectivity index (χ4n) is 2.11. The Morgan fingerprint density at radius 1 is 1.32 bits per heavy atom. The minimum Gasteiger partial charge on any atom is -0.466 e. The highest BCUT2D eigenvalue weighted by Crippen LogP contribution is 2.28. The van der Waals surface area contributed by atoms with Gasteiger partial charge in [0.2, 0.25) is 5.76 Å². The molecule has 0 radical (unpaired) electrons. The van der Waals surface area contributed by atoms with Gasteiger partial charge in [0.25, 0.3) is 0 Å². The van der Waals surface area contributed by atoms with Gasteiger partial charge in [-0.15, -0.1) is 0 Å². The summed E-state index contributed by atoms with van der Waals surface area (Å²) in [6.07, 6.45) is 0. The lowest BCUT2D eigenvalue weighted by Crippen LogP contribution is -2.17. The first-order valence-corrected chi connectivity index (χ1v) is 5.99. The van der Waals surface area contributed by atoms with Crippen molar-refractivity contribution >= 4 is 5.97 Å². The lowest BCUT2D eigenvalue weighted by atomic mass is 10.1. The number of rotatable bonds is 4. The fraction of sp³-hybridized carbons (Fsp3) is 0.357.